The summed E-state index contributed by atoms with van der Waals surface area (Å²) in [5.41, 5.74) is 6.94. The zero-order chi connectivity index (χ0) is 19.7. The standard InChI is InChI=1S/C21H28N2O4/c1-2-21(14-24,15-25)23-20(26)19(22)12-16-8-10-18(11-9-16)27-13-17-6-4-3-5-7-17/h3-11,19,24-25H,2,12-15,22H2,1H3,(H,23,26). The van der Waals surface area contributed by atoms with Crippen molar-refractivity contribution in [3.63, 3.8) is 0 Å². The molecule has 0 heterocycles. The Kier molecular flexibility index (Phi) is 7.79. The molecular weight excluding hydrogens is 344 g/mol. The Morgan fingerprint density at radius 3 is 2.26 bits per heavy atom. The summed E-state index contributed by atoms with van der Waals surface area (Å²) in [6.07, 6.45) is 0.757. The number of carbonyl (C=O) groups excluding carboxylic acids is 1. The number of hydrogen-bond acceptors (Lipinski definition) is 5. The van der Waals surface area contributed by atoms with Crippen LogP contribution in [0.1, 0.15) is 24.5 Å². The van der Waals surface area contributed by atoms with Crippen LogP contribution in [-0.4, -0.2) is 40.9 Å². The third-order valence-corrected chi connectivity index (χ3v) is 4.63. The van der Waals surface area contributed by atoms with Crippen LogP contribution in [0.2, 0.25) is 0 Å². The maximum Gasteiger partial charge on any atom is 0.237 e. The van der Waals surface area contributed by atoms with Gasteiger partial charge in [0, 0.05) is 0 Å². The van der Waals surface area contributed by atoms with Crippen molar-refractivity contribution in [1.82, 2.24) is 5.32 Å². The Morgan fingerprint density at radius 2 is 1.70 bits per heavy atom. The van der Waals surface area contributed by atoms with Crippen LogP contribution in [0.4, 0.5) is 0 Å². The van der Waals surface area contributed by atoms with Crippen molar-refractivity contribution in [2.24, 2.45) is 5.73 Å². The molecule has 1 unspecified atom stereocenters. The van der Waals surface area contributed by atoms with E-state index in [0.29, 0.717) is 19.4 Å². The largest absolute Gasteiger partial charge is 0.489 e. The van der Waals surface area contributed by atoms with Gasteiger partial charge in [0.05, 0.1) is 24.8 Å². The Balaban J connectivity index is 1.88. The lowest BCUT2D eigenvalue weighted by Gasteiger charge is -2.31. The fraction of sp³-hybridized carbons (Fsp3) is 0.381. The normalized spacial score (nSPS) is 12.4. The molecule has 0 spiro atoms. The molecule has 6 heteroatoms. The minimum absolute atomic E-state index is 0.341. The van der Waals surface area contributed by atoms with Gasteiger partial charge in [0.15, 0.2) is 0 Å². The first-order valence-electron chi connectivity index (χ1n) is 9.07. The van der Waals surface area contributed by atoms with Crippen LogP contribution in [0.5, 0.6) is 5.75 Å². The van der Waals surface area contributed by atoms with Crippen LogP contribution >= 0.6 is 0 Å². The van der Waals surface area contributed by atoms with Crippen LogP contribution in [0.3, 0.4) is 0 Å². The second-order valence-corrected chi connectivity index (χ2v) is 6.67. The third-order valence-electron chi connectivity index (χ3n) is 4.63. The number of aliphatic hydroxyl groups is 2. The molecule has 5 N–H and O–H groups in total. The molecule has 0 aliphatic rings. The summed E-state index contributed by atoms with van der Waals surface area (Å²) < 4.78 is 5.74. The van der Waals surface area contributed by atoms with Crippen molar-refractivity contribution >= 4 is 5.91 Å². The maximum absolute atomic E-state index is 12.3. The number of amides is 1. The van der Waals surface area contributed by atoms with Gasteiger partial charge in [0.25, 0.3) is 0 Å². The van der Waals surface area contributed by atoms with Gasteiger partial charge in [-0.2, -0.15) is 0 Å². The van der Waals surface area contributed by atoms with E-state index in [9.17, 15) is 15.0 Å². The summed E-state index contributed by atoms with van der Waals surface area (Å²) >= 11 is 0. The Hall–Kier alpha value is -2.41. The maximum atomic E-state index is 12.3. The Bertz CT molecular complexity index is 692. The van der Waals surface area contributed by atoms with Crippen LogP contribution in [0.15, 0.2) is 54.6 Å². The number of aliphatic hydroxyl groups excluding tert-OH is 2. The van der Waals surface area contributed by atoms with E-state index >= 15 is 0 Å². The smallest absolute Gasteiger partial charge is 0.237 e. The summed E-state index contributed by atoms with van der Waals surface area (Å²) in [5, 5.41) is 21.5. The molecule has 2 aromatic rings. The average Bonchev–Trinajstić information content (AvgIpc) is 2.72. The average molecular weight is 372 g/mol. The predicted octanol–water partition coefficient (Wildman–Crippen LogP) is 1.39. The minimum Gasteiger partial charge on any atom is -0.489 e. The predicted molar refractivity (Wildman–Crippen MR) is 104 cm³/mol. The van der Waals surface area contributed by atoms with Crippen LogP contribution < -0.4 is 15.8 Å². The van der Waals surface area contributed by atoms with Crippen molar-refractivity contribution in [2.45, 2.75) is 38.0 Å². The van der Waals surface area contributed by atoms with Crippen molar-refractivity contribution in [1.29, 1.82) is 0 Å². The van der Waals surface area contributed by atoms with E-state index in [1.807, 2.05) is 54.6 Å². The van der Waals surface area contributed by atoms with Gasteiger partial charge in [-0.15, -0.1) is 0 Å². The van der Waals surface area contributed by atoms with Gasteiger partial charge in [-0.05, 0) is 36.1 Å². The molecule has 0 aliphatic heterocycles. The first-order chi connectivity index (χ1) is 13.0. The van der Waals surface area contributed by atoms with Gasteiger partial charge in [-0.25, -0.2) is 0 Å². The molecule has 0 saturated heterocycles. The van der Waals surface area contributed by atoms with Crippen LogP contribution in [0.25, 0.3) is 0 Å². The van der Waals surface area contributed by atoms with Crippen molar-refractivity contribution in [3.05, 3.63) is 65.7 Å². The molecule has 0 saturated carbocycles. The molecular formula is C21H28N2O4. The van der Waals surface area contributed by atoms with Crippen molar-refractivity contribution in [3.8, 4) is 5.75 Å². The van der Waals surface area contributed by atoms with Gasteiger partial charge in [-0.3, -0.25) is 4.79 Å². The second-order valence-electron chi connectivity index (χ2n) is 6.67. The zero-order valence-corrected chi connectivity index (χ0v) is 15.6. The van der Waals surface area contributed by atoms with Crippen molar-refractivity contribution in [2.75, 3.05) is 13.2 Å². The molecule has 0 aromatic heterocycles. The third kappa shape index (κ3) is 6.06. The molecule has 6 nitrogen and oxygen atoms in total. The van der Waals surface area contributed by atoms with E-state index in [1.54, 1.807) is 6.92 Å². The van der Waals surface area contributed by atoms with E-state index in [-0.39, 0.29) is 13.2 Å². The number of benzene rings is 2. The molecule has 0 aliphatic carbocycles. The minimum atomic E-state index is -1.04. The molecule has 146 valence electrons. The topological polar surface area (TPSA) is 105 Å². The highest BCUT2D eigenvalue weighted by Crippen LogP contribution is 2.16. The van der Waals surface area contributed by atoms with E-state index in [0.717, 1.165) is 16.9 Å². The van der Waals surface area contributed by atoms with Gasteiger partial charge < -0.3 is 26.0 Å². The Morgan fingerprint density at radius 1 is 1.07 bits per heavy atom. The number of nitrogens with one attached hydrogen (secondary N) is 1. The molecule has 27 heavy (non-hydrogen) atoms. The Labute approximate surface area is 160 Å². The monoisotopic (exact) mass is 372 g/mol. The molecule has 1 atom stereocenters. The molecule has 1 amide bonds. The lowest BCUT2D eigenvalue weighted by Crippen LogP contribution is -2.58. The SMILES string of the molecule is CCC(CO)(CO)NC(=O)C(N)Cc1ccc(OCc2ccccc2)cc1. The van der Waals surface area contributed by atoms with E-state index in [1.165, 1.54) is 0 Å². The van der Waals surface area contributed by atoms with Gasteiger partial charge >= 0.3 is 0 Å². The van der Waals surface area contributed by atoms with Gasteiger partial charge in [0.2, 0.25) is 5.91 Å². The number of nitrogens with two attached hydrogens (primary N) is 1. The first kappa shape index (κ1) is 20.9. The lowest BCUT2D eigenvalue weighted by molar-refractivity contribution is -0.125. The second kappa shape index (κ2) is 10.1. The molecule has 2 rings (SSSR count). The summed E-state index contributed by atoms with van der Waals surface area (Å²) in [6.45, 7) is 1.59. The number of rotatable bonds is 10. The highest BCUT2D eigenvalue weighted by molar-refractivity contribution is 5.82. The van der Waals surface area contributed by atoms with E-state index in [2.05, 4.69) is 5.32 Å². The highest BCUT2D eigenvalue weighted by atomic mass is 16.5. The van der Waals surface area contributed by atoms with Gasteiger partial charge in [0.1, 0.15) is 12.4 Å². The highest BCUT2D eigenvalue weighted by Gasteiger charge is 2.30. The fourth-order valence-corrected chi connectivity index (χ4v) is 2.60. The first-order valence-corrected chi connectivity index (χ1v) is 9.07. The lowest BCUT2D eigenvalue weighted by atomic mass is 9.97. The molecule has 0 radical (unpaired) electrons. The van der Waals surface area contributed by atoms with Gasteiger partial charge in [-0.1, -0.05) is 49.4 Å². The summed E-state index contributed by atoms with van der Waals surface area (Å²) in [5.74, 6) is 0.343. The molecule has 2 aromatic carbocycles. The number of hydrogen-bond donors (Lipinski definition) is 4. The van der Waals surface area contributed by atoms with E-state index in [4.69, 9.17) is 10.5 Å². The zero-order valence-electron chi connectivity index (χ0n) is 15.6. The fourth-order valence-electron chi connectivity index (χ4n) is 2.60. The van der Waals surface area contributed by atoms with Crippen LogP contribution in [-0.2, 0) is 17.8 Å². The summed E-state index contributed by atoms with van der Waals surface area (Å²) in [7, 11) is 0. The van der Waals surface area contributed by atoms with Crippen LogP contribution in [0, 0.1) is 0 Å². The number of carbonyl (C=O) groups is 1. The van der Waals surface area contributed by atoms with Crippen molar-refractivity contribution < 1.29 is 19.7 Å². The summed E-state index contributed by atoms with van der Waals surface area (Å²) in [6, 6.07) is 16.6. The molecule has 0 bridgehead atoms. The molecule has 0 fully saturated rings. The number of ether oxygens (including phenoxy) is 1. The quantitative estimate of drug-likeness (QED) is 0.504. The summed E-state index contributed by atoms with van der Waals surface area (Å²) in [4.78, 5) is 12.3. The van der Waals surface area contributed by atoms with E-state index < -0.39 is 17.5 Å².